The number of hydrogen-bond donors (Lipinski definition) is 2. The summed E-state index contributed by atoms with van der Waals surface area (Å²) in [6.07, 6.45) is 5.12. The number of nitrogens with zero attached hydrogens (tertiary/aromatic N) is 2. The van der Waals surface area contributed by atoms with Crippen LogP contribution in [-0.4, -0.2) is 33.3 Å². The molecule has 1 aromatic heterocycles. The third-order valence-electron chi connectivity index (χ3n) is 5.47. The van der Waals surface area contributed by atoms with Crippen molar-refractivity contribution < 1.29 is 14.7 Å². The highest BCUT2D eigenvalue weighted by Crippen LogP contribution is 2.42. The summed E-state index contributed by atoms with van der Waals surface area (Å²) >= 11 is 0. The molecule has 6 heteroatoms. The second kappa shape index (κ2) is 8.59. The quantitative estimate of drug-likeness (QED) is 0.691. The van der Waals surface area contributed by atoms with Gasteiger partial charge in [-0.25, -0.2) is 0 Å². The van der Waals surface area contributed by atoms with E-state index in [0.29, 0.717) is 17.9 Å². The maximum atomic E-state index is 12.8. The van der Waals surface area contributed by atoms with E-state index in [1.165, 1.54) is 0 Å². The molecule has 150 valence electrons. The Labute approximate surface area is 166 Å². The van der Waals surface area contributed by atoms with E-state index in [9.17, 15) is 14.7 Å². The number of hydrogen-bond acceptors (Lipinski definition) is 3. The van der Waals surface area contributed by atoms with Gasteiger partial charge in [-0.3, -0.25) is 14.3 Å². The molecule has 0 spiro atoms. The maximum absolute atomic E-state index is 12.8. The Morgan fingerprint density at radius 2 is 2.11 bits per heavy atom. The largest absolute Gasteiger partial charge is 0.481 e. The standard InChI is InChI=1S/C22H29N3O3/c1-4-15(3)25-20(17-8-9-17)19(13-24-25)21(26)23-12-18(22(27)28)11-16-7-5-6-14(2)10-16/h5-7,10,13,15,17-18H,4,8-9,11-12H2,1-3H3,(H,23,26)(H,27,28). The minimum atomic E-state index is -0.903. The maximum Gasteiger partial charge on any atom is 0.308 e. The summed E-state index contributed by atoms with van der Waals surface area (Å²) in [4.78, 5) is 24.5. The van der Waals surface area contributed by atoms with E-state index in [4.69, 9.17) is 0 Å². The van der Waals surface area contributed by atoms with E-state index in [-0.39, 0.29) is 18.5 Å². The molecule has 0 aliphatic heterocycles. The van der Waals surface area contributed by atoms with Crippen molar-refractivity contribution in [3.05, 3.63) is 52.8 Å². The molecule has 0 bridgehead atoms. The molecule has 1 aromatic carbocycles. The van der Waals surface area contributed by atoms with Gasteiger partial charge in [-0.1, -0.05) is 36.8 Å². The van der Waals surface area contributed by atoms with Gasteiger partial charge in [-0.15, -0.1) is 0 Å². The van der Waals surface area contributed by atoms with Crippen LogP contribution in [0.15, 0.2) is 30.5 Å². The molecule has 2 aromatic rings. The number of carbonyl (C=O) groups is 2. The van der Waals surface area contributed by atoms with Crippen LogP contribution in [0.25, 0.3) is 0 Å². The van der Waals surface area contributed by atoms with Gasteiger partial charge >= 0.3 is 5.97 Å². The fourth-order valence-corrected chi connectivity index (χ4v) is 3.52. The number of rotatable bonds is 9. The zero-order chi connectivity index (χ0) is 20.3. The van der Waals surface area contributed by atoms with Gasteiger partial charge in [0.25, 0.3) is 5.91 Å². The van der Waals surface area contributed by atoms with Crippen molar-refractivity contribution >= 4 is 11.9 Å². The highest BCUT2D eigenvalue weighted by atomic mass is 16.4. The highest BCUT2D eigenvalue weighted by molar-refractivity contribution is 5.95. The van der Waals surface area contributed by atoms with Gasteiger partial charge in [0.05, 0.1) is 23.4 Å². The normalized spacial score (nSPS) is 15.8. The van der Waals surface area contributed by atoms with Crippen LogP contribution in [0.1, 0.15) is 72.2 Å². The minimum absolute atomic E-state index is 0.0979. The zero-order valence-electron chi connectivity index (χ0n) is 16.8. The van der Waals surface area contributed by atoms with Crippen molar-refractivity contribution in [1.82, 2.24) is 15.1 Å². The van der Waals surface area contributed by atoms with Crippen LogP contribution in [-0.2, 0) is 11.2 Å². The van der Waals surface area contributed by atoms with E-state index in [2.05, 4.69) is 24.3 Å². The Hall–Kier alpha value is -2.63. The van der Waals surface area contributed by atoms with Gasteiger partial charge in [-0.2, -0.15) is 5.10 Å². The van der Waals surface area contributed by atoms with Crippen molar-refractivity contribution in [2.75, 3.05) is 6.54 Å². The average Bonchev–Trinajstić information content (AvgIpc) is 3.41. The molecule has 6 nitrogen and oxygen atoms in total. The summed E-state index contributed by atoms with van der Waals surface area (Å²) in [6.45, 7) is 6.28. The van der Waals surface area contributed by atoms with Crippen LogP contribution in [0.5, 0.6) is 0 Å². The Morgan fingerprint density at radius 3 is 2.71 bits per heavy atom. The van der Waals surface area contributed by atoms with Gasteiger partial charge in [0, 0.05) is 18.5 Å². The van der Waals surface area contributed by atoms with Crippen molar-refractivity contribution in [3.8, 4) is 0 Å². The molecular weight excluding hydrogens is 354 g/mol. The zero-order valence-corrected chi connectivity index (χ0v) is 16.8. The first-order valence-corrected chi connectivity index (χ1v) is 10.0. The molecule has 2 N–H and O–H groups in total. The van der Waals surface area contributed by atoms with Crippen LogP contribution >= 0.6 is 0 Å². The number of nitrogens with one attached hydrogen (secondary N) is 1. The predicted octanol–water partition coefficient (Wildman–Crippen LogP) is 3.71. The molecular formula is C22H29N3O3. The molecule has 2 unspecified atom stereocenters. The van der Waals surface area contributed by atoms with Gasteiger partial charge in [0.2, 0.25) is 0 Å². The van der Waals surface area contributed by atoms with Gasteiger partial charge in [0.1, 0.15) is 0 Å². The van der Waals surface area contributed by atoms with Crippen molar-refractivity contribution in [2.45, 2.75) is 58.4 Å². The SMILES string of the molecule is CCC(C)n1ncc(C(=O)NCC(Cc2cccc(C)c2)C(=O)O)c1C1CC1. The smallest absolute Gasteiger partial charge is 0.308 e. The Kier molecular flexibility index (Phi) is 6.17. The van der Waals surface area contributed by atoms with Crippen LogP contribution < -0.4 is 5.32 Å². The number of carbonyl (C=O) groups excluding carboxylic acids is 1. The molecule has 0 radical (unpaired) electrons. The second-order valence-electron chi connectivity index (χ2n) is 7.86. The lowest BCUT2D eigenvalue weighted by Gasteiger charge is -2.16. The van der Waals surface area contributed by atoms with Crippen LogP contribution in [0.3, 0.4) is 0 Å². The minimum Gasteiger partial charge on any atom is -0.481 e. The predicted molar refractivity (Wildman–Crippen MR) is 108 cm³/mol. The molecule has 1 amide bonds. The van der Waals surface area contributed by atoms with E-state index >= 15 is 0 Å². The summed E-state index contributed by atoms with van der Waals surface area (Å²) in [5.74, 6) is -1.41. The highest BCUT2D eigenvalue weighted by Gasteiger charge is 2.33. The van der Waals surface area contributed by atoms with Crippen molar-refractivity contribution in [2.24, 2.45) is 5.92 Å². The monoisotopic (exact) mass is 383 g/mol. The van der Waals surface area contributed by atoms with E-state index in [1.807, 2.05) is 35.9 Å². The molecule has 28 heavy (non-hydrogen) atoms. The van der Waals surface area contributed by atoms with Gasteiger partial charge < -0.3 is 10.4 Å². The summed E-state index contributed by atoms with van der Waals surface area (Å²) in [5.41, 5.74) is 3.64. The first-order chi connectivity index (χ1) is 13.4. The number of carboxylic acids is 1. The fourth-order valence-electron chi connectivity index (χ4n) is 3.52. The Balaban J connectivity index is 1.70. The molecule has 1 aliphatic rings. The first-order valence-electron chi connectivity index (χ1n) is 10.0. The first kappa shape index (κ1) is 20.1. The fraction of sp³-hybridized carbons (Fsp3) is 0.500. The van der Waals surface area contributed by atoms with Gasteiger partial charge in [0.15, 0.2) is 0 Å². The second-order valence-corrected chi connectivity index (χ2v) is 7.86. The molecule has 1 heterocycles. The summed E-state index contributed by atoms with van der Waals surface area (Å²) in [5, 5.41) is 16.9. The lowest BCUT2D eigenvalue weighted by molar-refractivity contribution is -0.141. The lowest BCUT2D eigenvalue weighted by Crippen LogP contribution is -2.34. The summed E-state index contributed by atoms with van der Waals surface area (Å²) in [6, 6.07) is 8.05. The number of benzene rings is 1. The number of carboxylic acid groups (broad SMARTS) is 1. The van der Waals surface area contributed by atoms with Crippen molar-refractivity contribution in [3.63, 3.8) is 0 Å². The van der Waals surface area contributed by atoms with Crippen LogP contribution in [0.4, 0.5) is 0 Å². The Bertz CT molecular complexity index is 854. The molecule has 3 rings (SSSR count). The van der Waals surface area contributed by atoms with Crippen molar-refractivity contribution in [1.29, 1.82) is 0 Å². The number of aryl methyl sites for hydroxylation is 1. The lowest BCUT2D eigenvalue weighted by atomic mass is 9.98. The van der Waals surface area contributed by atoms with E-state index in [0.717, 1.165) is 36.1 Å². The molecule has 1 saturated carbocycles. The molecule has 0 saturated heterocycles. The third kappa shape index (κ3) is 4.61. The van der Waals surface area contributed by atoms with E-state index in [1.54, 1.807) is 6.20 Å². The number of amides is 1. The van der Waals surface area contributed by atoms with E-state index < -0.39 is 11.9 Å². The van der Waals surface area contributed by atoms with Crippen LogP contribution in [0, 0.1) is 12.8 Å². The Morgan fingerprint density at radius 1 is 1.36 bits per heavy atom. The summed E-state index contributed by atoms with van der Waals surface area (Å²) in [7, 11) is 0. The molecule has 1 aliphatic carbocycles. The molecule has 2 atom stereocenters. The topological polar surface area (TPSA) is 84.2 Å². The van der Waals surface area contributed by atoms with Crippen LogP contribution in [0.2, 0.25) is 0 Å². The summed E-state index contributed by atoms with van der Waals surface area (Å²) < 4.78 is 1.97. The number of aliphatic carboxylic acids is 1. The van der Waals surface area contributed by atoms with Gasteiger partial charge in [-0.05, 0) is 45.1 Å². The number of aromatic nitrogens is 2. The third-order valence-corrected chi connectivity index (χ3v) is 5.47. The average molecular weight is 383 g/mol. The molecule has 1 fully saturated rings.